The van der Waals surface area contributed by atoms with E-state index in [1.807, 2.05) is 23.1 Å². The van der Waals surface area contributed by atoms with Crippen molar-refractivity contribution in [2.45, 2.75) is 13.1 Å². The maximum Gasteiger partial charge on any atom is 0.275 e. The molecule has 3 aromatic rings. The van der Waals surface area contributed by atoms with E-state index in [0.717, 1.165) is 45.3 Å². The van der Waals surface area contributed by atoms with E-state index in [2.05, 4.69) is 31.8 Å². The lowest BCUT2D eigenvalue weighted by Gasteiger charge is -2.35. The van der Waals surface area contributed by atoms with Gasteiger partial charge in [-0.1, -0.05) is 24.3 Å². The van der Waals surface area contributed by atoms with Gasteiger partial charge in [-0.25, -0.2) is 13.8 Å². The van der Waals surface area contributed by atoms with Crippen LogP contribution in [0.5, 0.6) is 0 Å². The summed E-state index contributed by atoms with van der Waals surface area (Å²) in [4.78, 5) is 25.8. The number of carbonyl (C=O) groups excluding carboxylic acids is 1. The summed E-state index contributed by atoms with van der Waals surface area (Å²) in [6.45, 7) is 6.90. The average molecular weight is 482 g/mol. The van der Waals surface area contributed by atoms with Crippen LogP contribution in [-0.4, -0.2) is 77.9 Å². The Morgan fingerprint density at radius 2 is 1.54 bits per heavy atom. The Morgan fingerprint density at radius 1 is 0.857 bits per heavy atom. The molecule has 0 unspecified atom stereocenters. The molecular formula is C26H29F2N5O2. The molecule has 0 aliphatic carbocycles. The van der Waals surface area contributed by atoms with E-state index in [1.165, 1.54) is 24.1 Å². The summed E-state index contributed by atoms with van der Waals surface area (Å²) in [5.74, 6) is -0.645. The van der Waals surface area contributed by atoms with E-state index in [4.69, 9.17) is 4.42 Å². The Labute approximate surface area is 203 Å². The summed E-state index contributed by atoms with van der Waals surface area (Å²) in [6.07, 6.45) is 1.45. The number of carbonyl (C=O) groups is 1. The van der Waals surface area contributed by atoms with Crippen molar-refractivity contribution in [3.05, 3.63) is 83.6 Å². The van der Waals surface area contributed by atoms with Gasteiger partial charge in [0.25, 0.3) is 5.91 Å². The summed E-state index contributed by atoms with van der Waals surface area (Å²) in [7, 11) is 0. The molecule has 5 rings (SSSR count). The van der Waals surface area contributed by atoms with Crippen LogP contribution >= 0.6 is 0 Å². The van der Waals surface area contributed by atoms with Gasteiger partial charge in [-0.2, -0.15) is 0 Å². The van der Waals surface area contributed by atoms with Crippen LogP contribution < -0.4 is 4.90 Å². The minimum atomic E-state index is -0.561. The number of para-hydroxylation sites is 1. The van der Waals surface area contributed by atoms with Crippen molar-refractivity contribution in [3.63, 3.8) is 0 Å². The number of amides is 1. The van der Waals surface area contributed by atoms with E-state index in [0.29, 0.717) is 43.3 Å². The molecule has 2 saturated heterocycles. The largest absolute Gasteiger partial charge is 0.447 e. The topological polar surface area (TPSA) is 56.1 Å². The zero-order chi connectivity index (χ0) is 24.2. The van der Waals surface area contributed by atoms with Crippen LogP contribution in [0, 0.1) is 11.6 Å². The zero-order valence-electron chi connectivity index (χ0n) is 19.6. The molecule has 7 nitrogen and oxygen atoms in total. The second-order valence-corrected chi connectivity index (χ2v) is 9.03. The number of oxazole rings is 1. The quantitative estimate of drug-likeness (QED) is 0.539. The van der Waals surface area contributed by atoms with Crippen LogP contribution in [0.4, 0.5) is 14.5 Å². The summed E-state index contributed by atoms with van der Waals surface area (Å²) >= 11 is 0. The fraction of sp³-hybridized carbons (Fsp3) is 0.385. The maximum absolute atomic E-state index is 13.9. The first-order valence-corrected chi connectivity index (χ1v) is 12.0. The van der Waals surface area contributed by atoms with Crippen LogP contribution in [0.3, 0.4) is 0 Å². The van der Waals surface area contributed by atoms with Crippen molar-refractivity contribution >= 4 is 11.6 Å². The first-order valence-electron chi connectivity index (χ1n) is 12.0. The second kappa shape index (κ2) is 10.5. The van der Waals surface area contributed by atoms with Gasteiger partial charge in [0.05, 0.1) is 6.54 Å². The molecule has 0 atom stereocenters. The van der Waals surface area contributed by atoms with Crippen molar-refractivity contribution in [2.75, 3.05) is 57.3 Å². The summed E-state index contributed by atoms with van der Waals surface area (Å²) < 4.78 is 32.7. The molecule has 0 radical (unpaired) electrons. The van der Waals surface area contributed by atoms with Gasteiger partial charge in [0.1, 0.15) is 17.9 Å². The monoisotopic (exact) mass is 481 g/mol. The predicted octanol–water partition coefficient (Wildman–Crippen LogP) is 3.23. The molecular weight excluding hydrogens is 452 g/mol. The highest BCUT2D eigenvalue weighted by Crippen LogP contribution is 2.18. The Balaban J connectivity index is 1.09. The smallest absolute Gasteiger partial charge is 0.275 e. The highest BCUT2D eigenvalue weighted by molar-refractivity contribution is 5.92. The highest BCUT2D eigenvalue weighted by Gasteiger charge is 2.25. The molecule has 2 aliphatic rings. The average Bonchev–Trinajstić information content (AvgIpc) is 3.35. The molecule has 9 heteroatoms. The number of halogens is 2. The van der Waals surface area contributed by atoms with E-state index in [9.17, 15) is 13.6 Å². The van der Waals surface area contributed by atoms with Crippen LogP contribution in [0.15, 0.2) is 59.2 Å². The molecule has 2 fully saturated rings. The number of nitrogens with zero attached hydrogens (tertiary/aromatic N) is 5. The Hall–Kier alpha value is -3.30. The molecule has 1 amide bonds. The highest BCUT2D eigenvalue weighted by atomic mass is 19.1. The molecule has 0 saturated carbocycles. The molecule has 0 bridgehead atoms. The van der Waals surface area contributed by atoms with Crippen molar-refractivity contribution in [1.82, 2.24) is 19.7 Å². The van der Waals surface area contributed by atoms with Crippen molar-refractivity contribution in [1.29, 1.82) is 0 Å². The van der Waals surface area contributed by atoms with E-state index < -0.39 is 11.6 Å². The number of hydrogen-bond donors (Lipinski definition) is 0. The number of piperazine rings is 2. The van der Waals surface area contributed by atoms with Crippen LogP contribution in [0.25, 0.3) is 0 Å². The van der Waals surface area contributed by atoms with Crippen molar-refractivity contribution < 1.29 is 18.0 Å². The maximum atomic E-state index is 13.9. The molecule has 1 aromatic heterocycles. The fourth-order valence-electron chi connectivity index (χ4n) is 4.64. The first-order chi connectivity index (χ1) is 17.0. The fourth-order valence-corrected chi connectivity index (χ4v) is 4.64. The molecule has 0 N–H and O–H groups in total. The van der Waals surface area contributed by atoms with E-state index in [1.54, 1.807) is 0 Å². The molecule has 2 aromatic carbocycles. The summed E-state index contributed by atoms with van der Waals surface area (Å²) in [5, 5.41) is 0. The van der Waals surface area contributed by atoms with Crippen LogP contribution in [0.1, 0.15) is 21.9 Å². The van der Waals surface area contributed by atoms with Gasteiger partial charge in [-0.05, 0) is 18.2 Å². The SMILES string of the molecule is O=C(c1coc(CN2CCN(Cc3ccc(F)cc3F)CC2)n1)N1CCN(c2ccccc2)CC1. The molecule has 3 heterocycles. The molecule has 0 spiro atoms. The van der Waals surface area contributed by atoms with Gasteiger partial charge in [-0.15, -0.1) is 0 Å². The number of hydrogen-bond acceptors (Lipinski definition) is 6. The lowest BCUT2D eigenvalue weighted by atomic mass is 10.2. The number of anilines is 1. The predicted molar refractivity (Wildman–Crippen MR) is 128 cm³/mol. The van der Waals surface area contributed by atoms with Crippen LogP contribution in [0.2, 0.25) is 0 Å². The Kier molecular flexibility index (Phi) is 7.06. The third-order valence-corrected chi connectivity index (χ3v) is 6.69. The summed E-state index contributed by atoms with van der Waals surface area (Å²) in [6, 6.07) is 13.9. The van der Waals surface area contributed by atoms with E-state index >= 15 is 0 Å². The molecule has 184 valence electrons. The number of aromatic nitrogens is 1. The zero-order valence-corrected chi connectivity index (χ0v) is 19.6. The van der Waals surface area contributed by atoms with Crippen molar-refractivity contribution in [2.24, 2.45) is 0 Å². The molecule has 35 heavy (non-hydrogen) atoms. The van der Waals surface area contributed by atoms with Gasteiger partial charge < -0.3 is 14.2 Å². The van der Waals surface area contributed by atoms with E-state index in [-0.39, 0.29) is 5.91 Å². The van der Waals surface area contributed by atoms with Crippen LogP contribution in [-0.2, 0) is 13.1 Å². The minimum Gasteiger partial charge on any atom is -0.447 e. The lowest BCUT2D eigenvalue weighted by molar-refractivity contribution is 0.0740. The number of benzene rings is 2. The lowest BCUT2D eigenvalue weighted by Crippen LogP contribution is -2.48. The normalized spacial score (nSPS) is 17.7. The third kappa shape index (κ3) is 5.68. The van der Waals surface area contributed by atoms with Gasteiger partial charge in [0, 0.05) is 76.2 Å². The Morgan fingerprint density at radius 3 is 2.23 bits per heavy atom. The standard InChI is InChI=1S/C26H29F2N5O2/c27-21-7-6-20(23(28)16-21)17-30-8-10-31(11-9-30)18-25-29-24(19-35-25)26(34)33-14-12-32(13-15-33)22-4-2-1-3-5-22/h1-7,16,19H,8-15,17-18H2. The molecule has 2 aliphatic heterocycles. The number of rotatable bonds is 6. The van der Waals surface area contributed by atoms with Crippen molar-refractivity contribution in [3.8, 4) is 0 Å². The minimum absolute atomic E-state index is 0.0983. The van der Waals surface area contributed by atoms with Gasteiger partial charge >= 0.3 is 0 Å². The van der Waals surface area contributed by atoms with Gasteiger partial charge in [0.2, 0.25) is 5.89 Å². The summed E-state index contributed by atoms with van der Waals surface area (Å²) in [5.41, 5.74) is 2.02. The first kappa shape index (κ1) is 23.4. The Bertz CT molecular complexity index is 1140. The second-order valence-electron chi connectivity index (χ2n) is 9.03. The third-order valence-electron chi connectivity index (χ3n) is 6.69. The van der Waals surface area contributed by atoms with Gasteiger partial charge in [0.15, 0.2) is 5.69 Å². The van der Waals surface area contributed by atoms with Gasteiger partial charge in [-0.3, -0.25) is 14.6 Å².